The molecule has 1 saturated heterocycles. The zero-order chi connectivity index (χ0) is 22.2. The van der Waals surface area contributed by atoms with Crippen LogP contribution in [-0.2, 0) is 0 Å². The summed E-state index contributed by atoms with van der Waals surface area (Å²) in [7, 11) is 1.61. The minimum absolute atomic E-state index is 0.0185. The number of anilines is 3. The van der Waals surface area contributed by atoms with Crippen molar-refractivity contribution in [2.45, 2.75) is 18.9 Å². The van der Waals surface area contributed by atoms with Crippen molar-refractivity contribution in [2.24, 2.45) is 0 Å². The van der Waals surface area contributed by atoms with Crippen LogP contribution < -0.4 is 15.8 Å². The normalized spacial score (nSPS) is 14.7. The number of nitrogens with one attached hydrogen (secondary N) is 2. The number of furan rings is 1. The van der Waals surface area contributed by atoms with Crippen molar-refractivity contribution < 1.29 is 14.3 Å². The summed E-state index contributed by atoms with van der Waals surface area (Å²) in [6.07, 6.45) is 2.08. The maximum absolute atomic E-state index is 11.6. The van der Waals surface area contributed by atoms with Crippen LogP contribution in [0.5, 0.6) is 0 Å². The molecule has 3 N–H and O–H groups in total. The van der Waals surface area contributed by atoms with Gasteiger partial charge in [0, 0.05) is 44.0 Å². The van der Waals surface area contributed by atoms with Gasteiger partial charge in [0.1, 0.15) is 5.52 Å². The van der Waals surface area contributed by atoms with Crippen molar-refractivity contribution in [1.29, 1.82) is 0 Å². The maximum Gasteiger partial charge on any atom is 0.407 e. The molecule has 0 radical (unpaired) electrons. The Bertz CT molecular complexity index is 1360. The van der Waals surface area contributed by atoms with Gasteiger partial charge in [-0.1, -0.05) is 6.07 Å². The molecule has 0 saturated carbocycles. The van der Waals surface area contributed by atoms with Gasteiger partial charge < -0.3 is 29.6 Å². The first-order valence-electron chi connectivity index (χ1n) is 10.3. The fraction of sp³-hybridized carbons (Fsp3) is 0.273. The first-order chi connectivity index (χ1) is 15.5. The van der Waals surface area contributed by atoms with Crippen LogP contribution in [0.2, 0.25) is 0 Å². The number of aromatic nitrogens is 3. The molecule has 3 aromatic heterocycles. The molecule has 0 aliphatic carbocycles. The van der Waals surface area contributed by atoms with Crippen molar-refractivity contribution in [3.63, 3.8) is 0 Å². The Morgan fingerprint density at radius 1 is 1.22 bits per heavy atom. The van der Waals surface area contributed by atoms with Gasteiger partial charge in [0.15, 0.2) is 11.4 Å². The number of hydrogen-bond donors (Lipinski definition) is 3. The van der Waals surface area contributed by atoms with Crippen molar-refractivity contribution in [3.05, 3.63) is 53.0 Å². The van der Waals surface area contributed by atoms with Crippen LogP contribution in [0.4, 0.5) is 22.2 Å². The van der Waals surface area contributed by atoms with Crippen LogP contribution in [0.3, 0.4) is 0 Å². The molecule has 164 valence electrons. The van der Waals surface area contributed by atoms with E-state index < -0.39 is 6.09 Å². The Morgan fingerprint density at radius 2 is 2.00 bits per heavy atom. The summed E-state index contributed by atoms with van der Waals surface area (Å²) in [5.74, 6) is 1.09. The van der Waals surface area contributed by atoms with Crippen LogP contribution in [-0.4, -0.2) is 57.2 Å². The first kappa shape index (κ1) is 19.9. The lowest BCUT2D eigenvalue weighted by Gasteiger charge is -2.36. The van der Waals surface area contributed by atoms with Gasteiger partial charge in [-0.05, 0) is 36.4 Å². The molecule has 1 aliphatic heterocycles. The van der Waals surface area contributed by atoms with E-state index in [1.165, 1.54) is 11.0 Å². The van der Waals surface area contributed by atoms with E-state index in [0.29, 0.717) is 48.8 Å². The van der Waals surface area contributed by atoms with Crippen LogP contribution in [0.1, 0.15) is 12.8 Å². The maximum atomic E-state index is 11.6. The van der Waals surface area contributed by atoms with Gasteiger partial charge in [-0.2, -0.15) is 4.98 Å². The predicted molar refractivity (Wildman–Crippen MR) is 121 cm³/mol. The van der Waals surface area contributed by atoms with Gasteiger partial charge in [-0.25, -0.2) is 9.78 Å². The average molecular weight is 434 g/mol. The minimum Gasteiger partial charge on any atom is -0.465 e. The highest BCUT2D eigenvalue weighted by Crippen LogP contribution is 2.30. The van der Waals surface area contributed by atoms with Crippen molar-refractivity contribution in [2.75, 3.05) is 30.4 Å². The second-order valence-corrected chi connectivity index (χ2v) is 7.87. The van der Waals surface area contributed by atoms with Gasteiger partial charge in [0.2, 0.25) is 11.5 Å². The van der Waals surface area contributed by atoms with Gasteiger partial charge in [-0.3, -0.25) is 4.79 Å². The molecule has 0 unspecified atom stereocenters. The summed E-state index contributed by atoms with van der Waals surface area (Å²) in [6.45, 7) is 1.32. The van der Waals surface area contributed by atoms with E-state index in [0.717, 1.165) is 16.6 Å². The van der Waals surface area contributed by atoms with Gasteiger partial charge in [0.25, 0.3) is 0 Å². The first-order valence-corrected chi connectivity index (χ1v) is 10.3. The fourth-order valence-corrected chi connectivity index (χ4v) is 4.10. The van der Waals surface area contributed by atoms with Gasteiger partial charge >= 0.3 is 6.09 Å². The van der Waals surface area contributed by atoms with Gasteiger partial charge in [0.05, 0.1) is 11.8 Å². The highest BCUT2D eigenvalue weighted by atomic mass is 16.4. The quantitative estimate of drug-likeness (QED) is 0.446. The minimum atomic E-state index is -0.915. The third-order valence-corrected chi connectivity index (χ3v) is 5.88. The Balaban J connectivity index is 1.42. The molecule has 0 atom stereocenters. The number of nitrogens with zero attached hydrogens (tertiary/aromatic N) is 4. The van der Waals surface area contributed by atoms with Crippen molar-refractivity contribution in [1.82, 2.24) is 19.9 Å². The summed E-state index contributed by atoms with van der Waals surface area (Å²) < 4.78 is 5.65. The number of piperidine rings is 1. The zero-order valence-electron chi connectivity index (χ0n) is 17.4. The standard InChI is InChI=1S/C22H22N6O4/c1-27(22(30)31)15-6-9-28(10-7-15)20-19-16(8-11-32-19)25-21(26-20)23-14-4-2-13-3-5-18(29)24-17(13)12-14/h2-5,8,11-12,15H,6-7,9-10H2,1H3,(H,24,29)(H,30,31)(H,23,25,26). The third-order valence-electron chi connectivity index (χ3n) is 5.88. The number of amides is 1. The molecule has 10 nitrogen and oxygen atoms in total. The van der Waals surface area contributed by atoms with Crippen LogP contribution >= 0.6 is 0 Å². The predicted octanol–water partition coefficient (Wildman–Crippen LogP) is 3.39. The molecule has 4 aromatic rings. The highest BCUT2D eigenvalue weighted by molar-refractivity contribution is 5.87. The lowest BCUT2D eigenvalue weighted by molar-refractivity contribution is 0.131. The highest BCUT2D eigenvalue weighted by Gasteiger charge is 2.27. The molecule has 1 aromatic carbocycles. The van der Waals surface area contributed by atoms with E-state index in [9.17, 15) is 14.7 Å². The monoisotopic (exact) mass is 434 g/mol. The Kier molecular flexibility index (Phi) is 4.89. The molecular formula is C22H22N6O4. The van der Waals surface area contributed by atoms with Crippen molar-refractivity contribution in [3.8, 4) is 0 Å². The zero-order valence-corrected chi connectivity index (χ0v) is 17.4. The number of pyridine rings is 1. The second kappa shape index (κ2) is 7.88. The Morgan fingerprint density at radius 3 is 2.78 bits per heavy atom. The summed E-state index contributed by atoms with van der Waals surface area (Å²) in [6, 6.07) is 10.7. The summed E-state index contributed by atoms with van der Waals surface area (Å²) in [5.41, 5.74) is 2.58. The summed E-state index contributed by atoms with van der Waals surface area (Å²) in [4.78, 5) is 38.4. The topological polar surface area (TPSA) is 128 Å². The van der Waals surface area contributed by atoms with E-state index in [1.807, 2.05) is 18.2 Å². The molecule has 0 spiro atoms. The smallest absolute Gasteiger partial charge is 0.407 e. The Labute approximate surface area is 182 Å². The summed E-state index contributed by atoms with van der Waals surface area (Å²) >= 11 is 0. The number of benzene rings is 1. The number of carbonyl (C=O) groups is 1. The van der Waals surface area contributed by atoms with E-state index in [1.54, 1.807) is 25.4 Å². The van der Waals surface area contributed by atoms with Crippen molar-refractivity contribution >= 4 is 45.5 Å². The summed E-state index contributed by atoms with van der Waals surface area (Å²) in [5, 5.41) is 13.4. The van der Waals surface area contributed by atoms with Gasteiger partial charge in [-0.15, -0.1) is 0 Å². The molecule has 4 heterocycles. The number of fused-ring (bicyclic) bond motifs is 2. The molecule has 32 heavy (non-hydrogen) atoms. The van der Waals surface area contributed by atoms with E-state index in [4.69, 9.17) is 9.40 Å². The molecule has 1 amide bonds. The molecule has 10 heteroatoms. The molecule has 1 fully saturated rings. The number of hydrogen-bond acceptors (Lipinski definition) is 7. The van der Waals surface area contributed by atoms with Crippen LogP contribution in [0.25, 0.3) is 22.0 Å². The van der Waals surface area contributed by atoms with Crippen LogP contribution in [0, 0.1) is 0 Å². The SMILES string of the molecule is CN(C(=O)O)C1CCN(c2nc(Nc3ccc4ccc(=O)[nH]c4c3)nc3ccoc23)CC1. The molecule has 0 bridgehead atoms. The molecular weight excluding hydrogens is 412 g/mol. The van der Waals surface area contributed by atoms with E-state index >= 15 is 0 Å². The van der Waals surface area contributed by atoms with E-state index in [-0.39, 0.29) is 11.6 Å². The lowest BCUT2D eigenvalue weighted by atomic mass is 10.0. The Hall–Kier alpha value is -4.08. The molecule has 1 aliphatic rings. The fourth-order valence-electron chi connectivity index (χ4n) is 4.10. The van der Waals surface area contributed by atoms with Crippen LogP contribution in [0.15, 0.2) is 51.9 Å². The number of aromatic amines is 1. The lowest BCUT2D eigenvalue weighted by Crippen LogP contribution is -2.45. The molecule has 5 rings (SSSR count). The van der Waals surface area contributed by atoms with E-state index in [2.05, 4.69) is 20.2 Å². The largest absolute Gasteiger partial charge is 0.465 e. The average Bonchev–Trinajstić information content (AvgIpc) is 3.26. The number of rotatable bonds is 4. The number of H-pyrrole nitrogens is 1. The second-order valence-electron chi connectivity index (χ2n) is 7.87. The number of carboxylic acid groups (broad SMARTS) is 1. The third kappa shape index (κ3) is 3.70.